The molecule has 21 heavy (non-hydrogen) atoms. The van der Waals surface area contributed by atoms with Crippen molar-refractivity contribution in [2.45, 2.75) is 44.8 Å². The molecule has 5 heteroatoms. The van der Waals surface area contributed by atoms with Crippen molar-refractivity contribution >= 4 is 12.1 Å². The van der Waals surface area contributed by atoms with Crippen molar-refractivity contribution in [1.82, 2.24) is 5.32 Å². The zero-order chi connectivity index (χ0) is 15.1. The molecule has 1 heterocycles. The summed E-state index contributed by atoms with van der Waals surface area (Å²) in [4.78, 5) is 22.5. The molecule has 1 fully saturated rings. The third-order valence-electron chi connectivity index (χ3n) is 3.48. The van der Waals surface area contributed by atoms with Crippen LogP contribution < -0.4 is 5.32 Å². The van der Waals surface area contributed by atoms with Crippen LogP contribution in [0.4, 0.5) is 4.79 Å². The van der Waals surface area contributed by atoms with E-state index < -0.39 is 18.1 Å². The minimum atomic E-state index is -0.560. The fraction of sp³-hybridized carbons (Fsp3) is 0.500. The van der Waals surface area contributed by atoms with Gasteiger partial charge in [0.15, 0.2) is 6.04 Å². The molecule has 1 saturated heterocycles. The van der Waals surface area contributed by atoms with Crippen molar-refractivity contribution < 1.29 is 19.1 Å². The van der Waals surface area contributed by atoms with E-state index in [1.165, 1.54) is 5.56 Å². The van der Waals surface area contributed by atoms with Crippen LogP contribution in [0.3, 0.4) is 0 Å². The van der Waals surface area contributed by atoms with Gasteiger partial charge in [0, 0.05) is 0 Å². The number of esters is 1. The van der Waals surface area contributed by atoms with Gasteiger partial charge in [0.1, 0.15) is 6.10 Å². The maximum absolute atomic E-state index is 11.5. The van der Waals surface area contributed by atoms with E-state index in [1.54, 1.807) is 6.92 Å². The van der Waals surface area contributed by atoms with Crippen LogP contribution in [0.25, 0.3) is 0 Å². The number of nitrogens with one attached hydrogen (secondary N) is 1. The molecular formula is C16H21NO4. The first-order valence-corrected chi connectivity index (χ1v) is 7.34. The van der Waals surface area contributed by atoms with Gasteiger partial charge in [-0.2, -0.15) is 0 Å². The average molecular weight is 291 g/mol. The highest BCUT2D eigenvalue weighted by molar-refractivity contribution is 5.86. The molecule has 0 bridgehead atoms. The number of amides is 1. The first kappa shape index (κ1) is 15.4. The lowest BCUT2D eigenvalue weighted by molar-refractivity contribution is -0.174. The number of alkyl carbamates (subject to hydrolysis) is 1. The van der Waals surface area contributed by atoms with E-state index >= 15 is 0 Å². The van der Waals surface area contributed by atoms with E-state index in [2.05, 4.69) is 17.4 Å². The van der Waals surface area contributed by atoms with Crippen molar-refractivity contribution in [3.05, 3.63) is 35.9 Å². The maximum Gasteiger partial charge on any atom is 0.407 e. The molecule has 0 aromatic heterocycles. The zero-order valence-corrected chi connectivity index (χ0v) is 12.2. The zero-order valence-electron chi connectivity index (χ0n) is 12.2. The number of carbonyl (C=O) groups excluding carboxylic acids is 2. The van der Waals surface area contributed by atoms with Crippen LogP contribution in [0, 0.1) is 0 Å². The molecular weight excluding hydrogens is 270 g/mol. The number of hydrogen-bond acceptors (Lipinski definition) is 4. The van der Waals surface area contributed by atoms with E-state index in [9.17, 15) is 9.59 Å². The number of aryl methyl sites for hydroxylation is 1. The molecule has 2 atom stereocenters. The highest BCUT2D eigenvalue weighted by Gasteiger charge is 2.40. The van der Waals surface area contributed by atoms with Gasteiger partial charge in [-0.3, -0.25) is 0 Å². The van der Waals surface area contributed by atoms with Crippen LogP contribution in [-0.4, -0.2) is 30.8 Å². The first-order chi connectivity index (χ1) is 10.2. The second-order valence-corrected chi connectivity index (χ2v) is 5.20. The predicted molar refractivity (Wildman–Crippen MR) is 77.8 cm³/mol. The Labute approximate surface area is 124 Å². The number of unbranched alkanes of at least 4 members (excludes halogenated alkanes) is 2. The standard InChI is InChI=1S/C16H21NO4/c1-12-14(15(18)21-12)17-16(19)20-11-7-3-6-10-13-8-4-2-5-9-13/h2,4-5,8-9,12,14H,3,6-7,10-11H2,1H3,(H,17,19)/t12-,14-/m0/s1. The SMILES string of the molecule is C[C@@H]1OC(=O)[C@H]1NC(=O)OCCCCCc1ccccc1. The molecule has 1 N–H and O–H groups in total. The largest absolute Gasteiger partial charge is 0.458 e. The van der Waals surface area contributed by atoms with Crippen molar-refractivity contribution in [1.29, 1.82) is 0 Å². The van der Waals surface area contributed by atoms with E-state index in [0.29, 0.717) is 6.61 Å². The second-order valence-electron chi connectivity index (χ2n) is 5.20. The first-order valence-electron chi connectivity index (χ1n) is 7.34. The van der Waals surface area contributed by atoms with E-state index in [-0.39, 0.29) is 6.10 Å². The predicted octanol–water partition coefficient (Wildman–Crippen LogP) is 2.44. The summed E-state index contributed by atoms with van der Waals surface area (Å²) < 4.78 is 9.78. The molecule has 0 aliphatic carbocycles. The number of rotatable bonds is 7. The number of benzene rings is 1. The Morgan fingerprint density at radius 2 is 2.00 bits per heavy atom. The number of ether oxygens (including phenoxy) is 2. The highest BCUT2D eigenvalue weighted by atomic mass is 16.6. The Morgan fingerprint density at radius 1 is 1.24 bits per heavy atom. The summed E-state index contributed by atoms with van der Waals surface area (Å²) in [6.45, 7) is 2.10. The topological polar surface area (TPSA) is 64.6 Å². The molecule has 1 aliphatic heterocycles. The summed E-state index contributed by atoms with van der Waals surface area (Å²) in [6, 6.07) is 9.75. The van der Waals surface area contributed by atoms with Crippen LogP contribution in [0.1, 0.15) is 31.7 Å². The highest BCUT2D eigenvalue weighted by Crippen LogP contribution is 2.13. The number of hydrogen-bond donors (Lipinski definition) is 1. The van der Waals surface area contributed by atoms with Gasteiger partial charge in [-0.05, 0) is 38.2 Å². The molecule has 0 saturated carbocycles. The molecule has 1 aliphatic rings. The van der Waals surface area contributed by atoms with Gasteiger partial charge in [0.05, 0.1) is 6.61 Å². The number of carbonyl (C=O) groups is 2. The van der Waals surface area contributed by atoms with Crippen LogP contribution >= 0.6 is 0 Å². The summed E-state index contributed by atoms with van der Waals surface area (Å²) in [6.07, 6.45) is 3.12. The fourth-order valence-corrected chi connectivity index (χ4v) is 2.21. The number of cyclic esters (lactones) is 1. The van der Waals surface area contributed by atoms with E-state index in [1.807, 2.05) is 18.2 Å². The summed E-state index contributed by atoms with van der Waals surface area (Å²) in [5, 5.41) is 2.50. The minimum absolute atomic E-state index is 0.268. The van der Waals surface area contributed by atoms with Crippen LogP contribution in [0.5, 0.6) is 0 Å². The third-order valence-corrected chi connectivity index (χ3v) is 3.48. The van der Waals surface area contributed by atoms with E-state index in [4.69, 9.17) is 9.47 Å². The molecule has 0 spiro atoms. The van der Waals surface area contributed by atoms with Gasteiger partial charge in [-0.25, -0.2) is 9.59 Å². The molecule has 1 aromatic rings. The Kier molecular flexibility index (Phi) is 5.60. The molecule has 2 rings (SSSR count). The molecule has 1 amide bonds. The lowest BCUT2D eigenvalue weighted by atomic mass is 10.1. The van der Waals surface area contributed by atoms with Crippen molar-refractivity contribution in [3.63, 3.8) is 0 Å². The van der Waals surface area contributed by atoms with Crippen molar-refractivity contribution in [3.8, 4) is 0 Å². The lowest BCUT2D eigenvalue weighted by Crippen LogP contribution is -2.58. The van der Waals surface area contributed by atoms with Crippen LogP contribution in [-0.2, 0) is 20.7 Å². The Balaban J connectivity index is 1.50. The molecule has 114 valence electrons. The van der Waals surface area contributed by atoms with Gasteiger partial charge in [-0.1, -0.05) is 30.3 Å². The van der Waals surface area contributed by atoms with E-state index in [0.717, 1.165) is 25.7 Å². The summed E-state index contributed by atoms with van der Waals surface area (Å²) in [5.74, 6) is -0.401. The van der Waals surface area contributed by atoms with Gasteiger partial charge in [0.2, 0.25) is 0 Å². The summed E-state index contributed by atoms with van der Waals surface area (Å²) in [5.41, 5.74) is 1.33. The summed E-state index contributed by atoms with van der Waals surface area (Å²) >= 11 is 0. The van der Waals surface area contributed by atoms with Gasteiger partial charge < -0.3 is 14.8 Å². The Bertz CT molecular complexity index is 474. The molecule has 0 unspecified atom stereocenters. The average Bonchev–Trinajstić information content (AvgIpc) is 2.49. The van der Waals surface area contributed by atoms with Crippen molar-refractivity contribution in [2.75, 3.05) is 6.61 Å². The fourth-order valence-electron chi connectivity index (χ4n) is 2.21. The monoisotopic (exact) mass is 291 g/mol. The second kappa shape index (κ2) is 7.67. The molecule has 0 radical (unpaired) electrons. The molecule has 5 nitrogen and oxygen atoms in total. The van der Waals surface area contributed by atoms with Crippen molar-refractivity contribution in [2.24, 2.45) is 0 Å². The summed E-state index contributed by atoms with van der Waals surface area (Å²) in [7, 11) is 0. The van der Waals surface area contributed by atoms with Crippen LogP contribution in [0.2, 0.25) is 0 Å². The van der Waals surface area contributed by atoms with Gasteiger partial charge >= 0.3 is 12.1 Å². The molecule has 1 aromatic carbocycles. The van der Waals surface area contributed by atoms with Gasteiger partial charge in [-0.15, -0.1) is 0 Å². The third kappa shape index (κ3) is 4.77. The smallest absolute Gasteiger partial charge is 0.407 e. The Hall–Kier alpha value is -2.04. The maximum atomic E-state index is 11.5. The quantitative estimate of drug-likeness (QED) is 0.619. The normalized spacial score (nSPS) is 20.3. The van der Waals surface area contributed by atoms with Crippen LogP contribution in [0.15, 0.2) is 30.3 Å². The lowest BCUT2D eigenvalue weighted by Gasteiger charge is -2.32. The Morgan fingerprint density at radius 3 is 2.67 bits per heavy atom. The minimum Gasteiger partial charge on any atom is -0.458 e. The van der Waals surface area contributed by atoms with Gasteiger partial charge in [0.25, 0.3) is 0 Å².